The van der Waals surface area contributed by atoms with E-state index >= 15 is 0 Å². The third kappa shape index (κ3) is 6.76. The molecule has 30 heavy (non-hydrogen) atoms. The minimum absolute atomic E-state index is 0. The summed E-state index contributed by atoms with van der Waals surface area (Å²) in [5.41, 5.74) is 1.34. The maximum atomic E-state index is 14.0. The Morgan fingerprint density at radius 1 is 1.23 bits per heavy atom. The molecule has 1 aromatic carbocycles. The van der Waals surface area contributed by atoms with Crippen molar-refractivity contribution in [2.75, 3.05) is 39.3 Å². The molecule has 1 saturated heterocycles. The number of aliphatic hydroxyl groups is 1. The maximum absolute atomic E-state index is 14.0. The van der Waals surface area contributed by atoms with Crippen molar-refractivity contribution in [2.45, 2.75) is 19.6 Å². The van der Waals surface area contributed by atoms with Crippen molar-refractivity contribution in [3.63, 3.8) is 0 Å². The van der Waals surface area contributed by atoms with E-state index in [1.165, 1.54) is 6.07 Å². The van der Waals surface area contributed by atoms with Crippen LogP contribution in [0.15, 0.2) is 47.7 Å². The molecule has 0 amide bonds. The first kappa shape index (κ1) is 24.8. The molecule has 1 aliphatic rings. The van der Waals surface area contributed by atoms with E-state index < -0.39 is 6.10 Å². The second-order valence-electron chi connectivity index (χ2n) is 6.95. The lowest BCUT2D eigenvalue weighted by Gasteiger charge is -2.36. The number of halogens is 3. The molecule has 2 heterocycles. The number of nitrogens with one attached hydrogen (secondary N) is 1. The van der Waals surface area contributed by atoms with Crippen LogP contribution in [0.4, 0.5) is 4.39 Å². The van der Waals surface area contributed by atoms with E-state index in [1.54, 1.807) is 36.7 Å². The highest BCUT2D eigenvalue weighted by molar-refractivity contribution is 14.0. The number of hydrogen-bond donors (Lipinski definition) is 2. The minimum atomic E-state index is -0.670. The van der Waals surface area contributed by atoms with Gasteiger partial charge in [0, 0.05) is 62.2 Å². The maximum Gasteiger partial charge on any atom is 0.194 e. The van der Waals surface area contributed by atoms with Crippen LogP contribution < -0.4 is 5.32 Å². The highest BCUT2D eigenvalue weighted by Gasteiger charge is 2.21. The Balaban J connectivity index is 0.00000320. The van der Waals surface area contributed by atoms with Crippen LogP contribution in [0, 0.1) is 5.82 Å². The summed E-state index contributed by atoms with van der Waals surface area (Å²) in [6.45, 7) is 6.63. The van der Waals surface area contributed by atoms with Crippen molar-refractivity contribution >= 4 is 41.5 Å². The number of guanidine groups is 1. The summed E-state index contributed by atoms with van der Waals surface area (Å²) in [5, 5.41) is 14.1. The number of aliphatic imine (C=N–C) groups is 1. The molecule has 1 fully saturated rings. The van der Waals surface area contributed by atoms with Crippen molar-refractivity contribution in [1.29, 1.82) is 0 Å². The van der Waals surface area contributed by atoms with Crippen LogP contribution >= 0.6 is 35.6 Å². The highest BCUT2D eigenvalue weighted by Crippen LogP contribution is 2.21. The molecule has 164 valence electrons. The monoisotopic (exact) mass is 547 g/mol. The fraction of sp³-hybridized carbons (Fsp3) is 0.429. The van der Waals surface area contributed by atoms with Gasteiger partial charge in [0.05, 0.1) is 12.6 Å². The topological polar surface area (TPSA) is 64.0 Å². The molecule has 0 saturated carbocycles. The Morgan fingerprint density at radius 3 is 2.57 bits per heavy atom. The summed E-state index contributed by atoms with van der Waals surface area (Å²) in [4.78, 5) is 12.9. The van der Waals surface area contributed by atoms with Crippen molar-refractivity contribution in [1.82, 2.24) is 20.1 Å². The van der Waals surface area contributed by atoms with E-state index in [2.05, 4.69) is 25.1 Å². The van der Waals surface area contributed by atoms with Gasteiger partial charge in [-0.05, 0) is 36.8 Å². The van der Waals surface area contributed by atoms with Gasteiger partial charge in [0.2, 0.25) is 0 Å². The predicted octanol–water partition coefficient (Wildman–Crippen LogP) is 3.31. The van der Waals surface area contributed by atoms with Crippen molar-refractivity contribution < 1.29 is 9.50 Å². The Labute approximate surface area is 199 Å². The van der Waals surface area contributed by atoms with Crippen LogP contribution in [-0.2, 0) is 6.54 Å². The van der Waals surface area contributed by atoms with E-state index in [9.17, 15) is 9.50 Å². The van der Waals surface area contributed by atoms with Crippen molar-refractivity contribution in [2.24, 2.45) is 4.99 Å². The number of aromatic nitrogens is 1. The minimum Gasteiger partial charge on any atom is -0.386 e. The molecule has 2 N–H and O–H groups in total. The zero-order valence-electron chi connectivity index (χ0n) is 17.0. The fourth-order valence-corrected chi connectivity index (χ4v) is 3.54. The molecule has 0 aliphatic carbocycles. The number of aliphatic hydroxyl groups excluding tert-OH is 1. The van der Waals surface area contributed by atoms with Crippen LogP contribution in [-0.4, -0.2) is 65.1 Å². The summed E-state index contributed by atoms with van der Waals surface area (Å²) >= 11 is 6.16. The summed E-state index contributed by atoms with van der Waals surface area (Å²) in [5.74, 6) is 0.518. The molecule has 1 unspecified atom stereocenters. The number of hydrogen-bond acceptors (Lipinski definition) is 4. The van der Waals surface area contributed by atoms with Gasteiger partial charge >= 0.3 is 0 Å². The second kappa shape index (κ2) is 12.4. The lowest BCUT2D eigenvalue weighted by atomic mass is 10.1. The third-order valence-electron chi connectivity index (χ3n) is 4.95. The Bertz CT molecular complexity index is 798. The lowest BCUT2D eigenvalue weighted by molar-refractivity contribution is 0.168. The SMILES string of the molecule is CCNC(=NCC(O)c1ccncc1)N1CCN(Cc2c(F)cccc2Cl)CC1.I. The van der Waals surface area contributed by atoms with Crippen LogP contribution in [0.1, 0.15) is 24.2 Å². The van der Waals surface area contributed by atoms with Crippen LogP contribution in [0.3, 0.4) is 0 Å². The van der Waals surface area contributed by atoms with Gasteiger partial charge in [0.25, 0.3) is 0 Å². The van der Waals surface area contributed by atoms with Crippen LogP contribution in [0.5, 0.6) is 0 Å². The Kier molecular flexibility index (Phi) is 10.2. The van der Waals surface area contributed by atoms with E-state index in [-0.39, 0.29) is 36.3 Å². The number of pyridine rings is 1. The first-order valence-electron chi connectivity index (χ1n) is 9.85. The fourth-order valence-electron chi connectivity index (χ4n) is 3.31. The summed E-state index contributed by atoms with van der Waals surface area (Å²) in [6, 6.07) is 8.37. The molecule has 2 aromatic rings. The van der Waals surface area contributed by atoms with Gasteiger partial charge in [0.1, 0.15) is 5.82 Å². The molecule has 3 rings (SSSR count). The Morgan fingerprint density at radius 2 is 1.93 bits per heavy atom. The van der Waals surface area contributed by atoms with E-state index in [4.69, 9.17) is 11.6 Å². The molecule has 1 atom stereocenters. The first-order chi connectivity index (χ1) is 14.1. The molecule has 1 aromatic heterocycles. The Hall–Kier alpha value is -1.49. The molecule has 0 bridgehead atoms. The molecule has 9 heteroatoms. The number of benzene rings is 1. The normalized spacial score (nSPS) is 16.1. The highest BCUT2D eigenvalue weighted by atomic mass is 127. The molecule has 1 aliphatic heterocycles. The quantitative estimate of drug-likeness (QED) is 0.330. The zero-order valence-corrected chi connectivity index (χ0v) is 20.1. The smallest absolute Gasteiger partial charge is 0.194 e. The van der Waals surface area contributed by atoms with E-state index in [0.717, 1.165) is 44.2 Å². The third-order valence-corrected chi connectivity index (χ3v) is 5.31. The van der Waals surface area contributed by atoms with Gasteiger partial charge in [-0.3, -0.25) is 14.9 Å². The van der Waals surface area contributed by atoms with Gasteiger partial charge in [-0.2, -0.15) is 0 Å². The molecule has 0 spiro atoms. The average molecular weight is 548 g/mol. The predicted molar refractivity (Wildman–Crippen MR) is 129 cm³/mol. The van der Waals surface area contributed by atoms with Gasteiger partial charge in [-0.15, -0.1) is 24.0 Å². The summed E-state index contributed by atoms with van der Waals surface area (Å²) < 4.78 is 14.0. The van der Waals surface area contributed by atoms with Crippen molar-refractivity contribution in [3.8, 4) is 0 Å². The molecule has 6 nitrogen and oxygen atoms in total. The zero-order chi connectivity index (χ0) is 20.6. The molecular weight excluding hydrogens is 520 g/mol. The molecule has 0 radical (unpaired) electrons. The van der Waals surface area contributed by atoms with Gasteiger partial charge in [-0.1, -0.05) is 17.7 Å². The summed E-state index contributed by atoms with van der Waals surface area (Å²) in [6.07, 6.45) is 2.65. The summed E-state index contributed by atoms with van der Waals surface area (Å²) in [7, 11) is 0. The van der Waals surface area contributed by atoms with E-state index in [0.29, 0.717) is 17.1 Å². The number of rotatable bonds is 6. The lowest BCUT2D eigenvalue weighted by Crippen LogP contribution is -2.52. The van der Waals surface area contributed by atoms with Gasteiger partial charge < -0.3 is 15.3 Å². The average Bonchev–Trinajstić information content (AvgIpc) is 2.75. The number of piperazine rings is 1. The molecular formula is C21H28ClFIN5O. The second-order valence-corrected chi connectivity index (χ2v) is 7.36. The standard InChI is InChI=1S/C21H27ClFN5O.HI/c1-2-25-21(26-14-20(29)16-6-8-24-9-7-16)28-12-10-27(11-13-28)15-17-18(22)4-3-5-19(17)23;/h3-9,20,29H,2,10-15H2,1H3,(H,25,26);1H. The van der Waals surface area contributed by atoms with Crippen LogP contribution in [0.25, 0.3) is 0 Å². The number of nitrogens with zero attached hydrogens (tertiary/aromatic N) is 4. The van der Waals surface area contributed by atoms with Crippen molar-refractivity contribution in [3.05, 3.63) is 64.7 Å². The largest absolute Gasteiger partial charge is 0.386 e. The van der Waals surface area contributed by atoms with Gasteiger partial charge in [-0.25, -0.2) is 4.39 Å². The van der Waals surface area contributed by atoms with Crippen LogP contribution in [0.2, 0.25) is 5.02 Å². The van der Waals surface area contributed by atoms with E-state index in [1.807, 2.05) is 6.92 Å². The van der Waals surface area contributed by atoms with Gasteiger partial charge in [0.15, 0.2) is 5.96 Å². The first-order valence-corrected chi connectivity index (χ1v) is 10.2.